The highest BCUT2D eigenvalue weighted by molar-refractivity contribution is 5.73. The lowest BCUT2D eigenvalue weighted by atomic mass is 10.1. The maximum atomic E-state index is 12.9. The normalized spacial score (nSPS) is 19.9. The summed E-state index contributed by atoms with van der Waals surface area (Å²) in [6.07, 6.45) is 0. The Labute approximate surface area is 83.4 Å². The number of hydrogen-bond acceptors (Lipinski definition) is 3. The molecule has 1 atom stereocenters. The standard InChI is InChI=1S/C9H7F3N2O/c10-5-1-4(2-6(11)8(5)12)7-3-15-9(13)14-7/h1-2,7H,3H2,(H2,13,14). The van der Waals surface area contributed by atoms with Crippen LogP contribution in [0.15, 0.2) is 17.1 Å². The van der Waals surface area contributed by atoms with Gasteiger partial charge in [0.15, 0.2) is 17.5 Å². The summed E-state index contributed by atoms with van der Waals surface area (Å²) in [6.45, 7) is 0.107. The van der Waals surface area contributed by atoms with Gasteiger partial charge in [-0.2, -0.15) is 0 Å². The van der Waals surface area contributed by atoms with E-state index in [1.54, 1.807) is 0 Å². The van der Waals surface area contributed by atoms with E-state index in [9.17, 15) is 13.2 Å². The maximum Gasteiger partial charge on any atom is 0.282 e. The Bertz CT molecular complexity index is 410. The largest absolute Gasteiger partial charge is 0.463 e. The number of rotatable bonds is 1. The van der Waals surface area contributed by atoms with Crippen molar-refractivity contribution in [1.82, 2.24) is 0 Å². The van der Waals surface area contributed by atoms with Crippen LogP contribution in [0.2, 0.25) is 0 Å². The second-order valence-corrected chi connectivity index (χ2v) is 3.09. The Morgan fingerprint density at radius 1 is 1.27 bits per heavy atom. The number of ether oxygens (including phenoxy) is 1. The molecule has 1 aliphatic heterocycles. The zero-order valence-corrected chi connectivity index (χ0v) is 7.51. The molecule has 0 fully saturated rings. The average Bonchev–Trinajstić information content (AvgIpc) is 2.60. The van der Waals surface area contributed by atoms with Crippen LogP contribution in [-0.2, 0) is 4.74 Å². The van der Waals surface area contributed by atoms with Crippen molar-refractivity contribution in [2.45, 2.75) is 6.04 Å². The van der Waals surface area contributed by atoms with Gasteiger partial charge in [-0.1, -0.05) is 0 Å². The Balaban J connectivity index is 2.38. The van der Waals surface area contributed by atoms with Crippen LogP contribution in [-0.4, -0.2) is 12.6 Å². The van der Waals surface area contributed by atoms with Crippen LogP contribution < -0.4 is 5.73 Å². The van der Waals surface area contributed by atoms with Gasteiger partial charge >= 0.3 is 0 Å². The van der Waals surface area contributed by atoms with Crippen molar-refractivity contribution in [2.24, 2.45) is 10.7 Å². The fraction of sp³-hybridized carbons (Fsp3) is 0.222. The van der Waals surface area contributed by atoms with E-state index in [4.69, 9.17) is 10.5 Å². The van der Waals surface area contributed by atoms with Gasteiger partial charge in [-0.15, -0.1) is 0 Å². The van der Waals surface area contributed by atoms with E-state index in [0.717, 1.165) is 12.1 Å². The Morgan fingerprint density at radius 2 is 1.87 bits per heavy atom. The van der Waals surface area contributed by atoms with Crippen molar-refractivity contribution >= 4 is 6.02 Å². The molecule has 1 unspecified atom stereocenters. The fourth-order valence-electron chi connectivity index (χ4n) is 1.33. The number of nitrogens with zero attached hydrogens (tertiary/aromatic N) is 1. The summed E-state index contributed by atoms with van der Waals surface area (Å²) in [5.41, 5.74) is 5.44. The van der Waals surface area contributed by atoms with Crippen molar-refractivity contribution in [3.05, 3.63) is 35.1 Å². The van der Waals surface area contributed by atoms with Gasteiger partial charge in [-0.3, -0.25) is 0 Å². The van der Waals surface area contributed by atoms with Crippen molar-refractivity contribution in [2.75, 3.05) is 6.61 Å². The van der Waals surface area contributed by atoms with Crippen LogP contribution in [0.25, 0.3) is 0 Å². The molecular weight excluding hydrogens is 209 g/mol. The van der Waals surface area contributed by atoms with E-state index in [0.29, 0.717) is 0 Å². The van der Waals surface area contributed by atoms with E-state index in [1.807, 2.05) is 0 Å². The van der Waals surface area contributed by atoms with Crippen LogP contribution >= 0.6 is 0 Å². The minimum absolute atomic E-state index is 0.0369. The molecule has 0 spiro atoms. The summed E-state index contributed by atoms with van der Waals surface area (Å²) in [6, 6.07) is 1.16. The first-order chi connectivity index (χ1) is 7.08. The number of halogens is 3. The van der Waals surface area contributed by atoms with Gasteiger partial charge in [0.05, 0.1) is 0 Å². The Hall–Kier alpha value is -1.72. The number of hydrogen-bond donors (Lipinski definition) is 1. The van der Waals surface area contributed by atoms with Gasteiger partial charge in [-0.05, 0) is 17.7 Å². The first kappa shape index (κ1) is 9.82. The third-order valence-electron chi connectivity index (χ3n) is 2.06. The van der Waals surface area contributed by atoms with E-state index >= 15 is 0 Å². The topological polar surface area (TPSA) is 47.6 Å². The number of amidine groups is 1. The van der Waals surface area contributed by atoms with E-state index in [1.165, 1.54) is 0 Å². The zero-order valence-electron chi connectivity index (χ0n) is 7.51. The molecule has 0 radical (unpaired) electrons. The van der Waals surface area contributed by atoms with Gasteiger partial charge in [0, 0.05) is 0 Å². The third kappa shape index (κ3) is 1.74. The number of aliphatic imine (C=N–C) groups is 1. The summed E-state index contributed by atoms with van der Waals surface area (Å²) >= 11 is 0. The van der Waals surface area contributed by atoms with Gasteiger partial charge in [-0.25, -0.2) is 18.2 Å². The van der Waals surface area contributed by atoms with E-state index in [2.05, 4.69) is 4.99 Å². The lowest BCUT2D eigenvalue weighted by Crippen LogP contribution is -2.10. The minimum Gasteiger partial charge on any atom is -0.463 e. The molecular formula is C9H7F3N2O. The summed E-state index contributed by atoms with van der Waals surface area (Å²) in [7, 11) is 0. The molecule has 0 amide bonds. The lowest BCUT2D eigenvalue weighted by molar-refractivity contribution is 0.314. The quantitative estimate of drug-likeness (QED) is 0.723. The predicted octanol–water partition coefficient (Wildman–Crippen LogP) is 1.49. The number of benzene rings is 1. The Morgan fingerprint density at radius 3 is 2.33 bits per heavy atom. The highest BCUT2D eigenvalue weighted by atomic mass is 19.2. The minimum atomic E-state index is -1.49. The summed E-state index contributed by atoms with van der Waals surface area (Å²) in [4.78, 5) is 3.79. The second-order valence-electron chi connectivity index (χ2n) is 3.09. The van der Waals surface area contributed by atoms with Crippen molar-refractivity contribution in [3.63, 3.8) is 0 Å². The van der Waals surface area contributed by atoms with Crippen molar-refractivity contribution in [1.29, 1.82) is 0 Å². The monoisotopic (exact) mass is 216 g/mol. The first-order valence-corrected chi connectivity index (χ1v) is 4.18. The molecule has 2 N–H and O–H groups in total. The zero-order chi connectivity index (χ0) is 11.0. The van der Waals surface area contributed by atoms with Crippen molar-refractivity contribution in [3.8, 4) is 0 Å². The summed E-state index contributed by atoms with van der Waals surface area (Å²) in [5.74, 6) is -3.98. The molecule has 1 heterocycles. The predicted molar refractivity (Wildman–Crippen MR) is 46.6 cm³/mol. The van der Waals surface area contributed by atoms with Gasteiger partial charge in [0.1, 0.15) is 12.6 Å². The van der Waals surface area contributed by atoms with Gasteiger partial charge in [0.2, 0.25) is 0 Å². The molecule has 0 aliphatic carbocycles. The highest BCUT2D eigenvalue weighted by Gasteiger charge is 2.21. The lowest BCUT2D eigenvalue weighted by Gasteiger charge is -2.06. The van der Waals surface area contributed by atoms with E-state index in [-0.39, 0.29) is 18.2 Å². The average molecular weight is 216 g/mol. The van der Waals surface area contributed by atoms with Crippen LogP contribution in [0.5, 0.6) is 0 Å². The van der Waals surface area contributed by atoms with Crippen LogP contribution in [0, 0.1) is 17.5 Å². The molecule has 0 aromatic heterocycles. The van der Waals surface area contributed by atoms with E-state index < -0.39 is 23.5 Å². The number of nitrogens with two attached hydrogens (primary N) is 1. The maximum absolute atomic E-state index is 12.9. The molecule has 1 aliphatic rings. The molecule has 2 rings (SSSR count). The molecule has 1 aromatic rings. The SMILES string of the molecule is NC1=NC(c2cc(F)c(F)c(F)c2)CO1. The summed E-state index contributed by atoms with van der Waals surface area (Å²) < 4.78 is 43.2. The molecule has 6 heteroatoms. The first-order valence-electron chi connectivity index (χ1n) is 4.18. The molecule has 0 bridgehead atoms. The Kier molecular flexibility index (Phi) is 2.26. The van der Waals surface area contributed by atoms with Gasteiger partial charge < -0.3 is 10.5 Å². The molecule has 0 saturated heterocycles. The van der Waals surface area contributed by atoms with Crippen LogP contribution in [0.4, 0.5) is 13.2 Å². The molecule has 1 aromatic carbocycles. The fourth-order valence-corrected chi connectivity index (χ4v) is 1.33. The van der Waals surface area contributed by atoms with Crippen LogP contribution in [0.1, 0.15) is 11.6 Å². The molecule has 80 valence electrons. The van der Waals surface area contributed by atoms with Gasteiger partial charge in [0.25, 0.3) is 6.02 Å². The molecule has 0 saturated carbocycles. The van der Waals surface area contributed by atoms with Crippen molar-refractivity contribution < 1.29 is 17.9 Å². The van der Waals surface area contributed by atoms with Crippen LogP contribution in [0.3, 0.4) is 0 Å². The summed E-state index contributed by atoms with van der Waals surface area (Å²) in [5, 5.41) is 0. The molecule has 15 heavy (non-hydrogen) atoms. The second kappa shape index (κ2) is 3.45. The smallest absolute Gasteiger partial charge is 0.282 e. The molecule has 3 nitrogen and oxygen atoms in total. The highest BCUT2D eigenvalue weighted by Crippen LogP contribution is 2.24. The third-order valence-corrected chi connectivity index (χ3v) is 2.06.